The Morgan fingerprint density at radius 2 is 1.81 bits per heavy atom. The highest BCUT2D eigenvalue weighted by atomic mass is 16.5. The molecule has 0 bridgehead atoms. The highest BCUT2D eigenvalue weighted by Crippen LogP contribution is 2.31. The van der Waals surface area contributed by atoms with Crippen LogP contribution in [0.15, 0.2) is 30.9 Å². The fourth-order valence-electron chi connectivity index (χ4n) is 2.66. The molecule has 1 fully saturated rings. The quantitative estimate of drug-likeness (QED) is 0.376. The Balaban J connectivity index is 2.11. The van der Waals surface area contributed by atoms with Crippen molar-refractivity contribution in [1.82, 2.24) is 14.7 Å². The molecule has 0 spiro atoms. The van der Waals surface area contributed by atoms with Gasteiger partial charge < -0.3 is 14.4 Å². The van der Waals surface area contributed by atoms with Crippen LogP contribution in [0.3, 0.4) is 0 Å². The molecule has 1 aliphatic heterocycles. The van der Waals surface area contributed by atoms with E-state index in [1.807, 2.05) is 0 Å². The van der Waals surface area contributed by atoms with Gasteiger partial charge in [0.1, 0.15) is 6.54 Å². The fourth-order valence-corrected chi connectivity index (χ4v) is 2.66. The third-order valence-corrected chi connectivity index (χ3v) is 4.06. The molecule has 1 saturated heterocycles. The summed E-state index contributed by atoms with van der Waals surface area (Å²) in [6, 6.07) is 4.43. The fraction of sp³-hybridized carbons (Fsp3) is 0.333. The van der Waals surface area contributed by atoms with Gasteiger partial charge in [-0.1, -0.05) is 18.2 Å². The Labute approximate surface area is 156 Å². The van der Waals surface area contributed by atoms with Crippen molar-refractivity contribution in [2.75, 3.05) is 34.4 Å². The van der Waals surface area contributed by atoms with Gasteiger partial charge in [-0.25, -0.2) is 9.69 Å². The largest absolute Gasteiger partial charge is 0.493 e. The Morgan fingerprint density at radius 3 is 2.41 bits per heavy atom. The molecule has 0 atom stereocenters. The summed E-state index contributed by atoms with van der Waals surface area (Å²) in [5.41, 5.74) is 0.691. The van der Waals surface area contributed by atoms with Crippen molar-refractivity contribution in [3.63, 3.8) is 0 Å². The lowest BCUT2D eigenvalue weighted by Gasteiger charge is -2.22. The van der Waals surface area contributed by atoms with Crippen LogP contribution in [0.1, 0.15) is 5.56 Å². The van der Waals surface area contributed by atoms with E-state index in [4.69, 9.17) is 9.47 Å². The van der Waals surface area contributed by atoms with Crippen LogP contribution in [0, 0.1) is 0 Å². The number of ether oxygens (including phenoxy) is 2. The molecule has 0 aromatic heterocycles. The van der Waals surface area contributed by atoms with Gasteiger partial charge in [-0.15, -0.1) is 6.58 Å². The van der Waals surface area contributed by atoms with E-state index in [2.05, 4.69) is 6.58 Å². The van der Waals surface area contributed by atoms with Crippen molar-refractivity contribution >= 4 is 23.8 Å². The molecule has 0 aliphatic carbocycles. The monoisotopic (exact) mass is 375 g/mol. The molecule has 0 N–H and O–H groups in total. The smallest absolute Gasteiger partial charge is 0.335 e. The lowest BCUT2D eigenvalue weighted by molar-refractivity contribution is -0.144. The topological polar surface area (TPSA) is 96.5 Å². The second-order valence-electron chi connectivity index (χ2n) is 5.78. The van der Waals surface area contributed by atoms with E-state index >= 15 is 0 Å². The van der Waals surface area contributed by atoms with Gasteiger partial charge >= 0.3 is 17.8 Å². The lowest BCUT2D eigenvalue weighted by Crippen LogP contribution is -2.42. The maximum absolute atomic E-state index is 12.5. The number of nitrogens with zero attached hydrogens (tertiary/aromatic N) is 3. The molecule has 9 nitrogen and oxygen atoms in total. The van der Waals surface area contributed by atoms with Crippen molar-refractivity contribution in [2.45, 2.75) is 6.54 Å². The minimum absolute atomic E-state index is 0.0923. The van der Waals surface area contributed by atoms with Gasteiger partial charge in [0.05, 0.1) is 14.2 Å². The number of carbonyl (C=O) groups is 4. The summed E-state index contributed by atoms with van der Waals surface area (Å²) in [5.74, 6) is -1.49. The molecule has 1 heterocycles. The van der Waals surface area contributed by atoms with E-state index in [0.717, 1.165) is 4.90 Å². The van der Waals surface area contributed by atoms with Gasteiger partial charge in [-0.3, -0.25) is 19.3 Å². The minimum Gasteiger partial charge on any atom is -0.493 e. The molecule has 5 amide bonds. The van der Waals surface area contributed by atoms with Crippen molar-refractivity contribution in [2.24, 2.45) is 0 Å². The lowest BCUT2D eigenvalue weighted by atomic mass is 10.1. The second kappa shape index (κ2) is 8.35. The van der Waals surface area contributed by atoms with Crippen LogP contribution in [0.4, 0.5) is 4.79 Å². The maximum atomic E-state index is 12.5. The molecule has 2 rings (SSSR count). The van der Waals surface area contributed by atoms with Crippen LogP contribution in [0.5, 0.6) is 11.5 Å². The van der Waals surface area contributed by atoms with Crippen LogP contribution in [0.2, 0.25) is 0 Å². The number of likely N-dealkylation sites (N-methyl/N-ethyl adjacent to an activating group) is 1. The van der Waals surface area contributed by atoms with Crippen LogP contribution in [-0.2, 0) is 20.9 Å². The zero-order valence-electron chi connectivity index (χ0n) is 15.4. The van der Waals surface area contributed by atoms with E-state index in [0.29, 0.717) is 22.0 Å². The summed E-state index contributed by atoms with van der Waals surface area (Å²) in [5, 5.41) is 0. The third-order valence-electron chi connectivity index (χ3n) is 4.06. The highest BCUT2D eigenvalue weighted by molar-refractivity contribution is 6.45. The van der Waals surface area contributed by atoms with E-state index in [1.54, 1.807) is 18.2 Å². The predicted molar refractivity (Wildman–Crippen MR) is 95.0 cm³/mol. The van der Waals surface area contributed by atoms with Crippen molar-refractivity contribution in [3.8, 4) is 11.5 Å². The Kier molecular flexibility index (Phi) is 6.17. The number of hydrogen-bond acceptors (Lipinski definition) is 6. The predicted octanol–water partition coefficient (Wildman–Crippen LogP) is 0.639. The van der Waals surface area contributed by atoms with E-state index in [1.165, 1.54) is 32.2 Å². The first-order valence-corrected chi connectivity index (χ1v) is 8.07. The van der Waals surface area contributed by atoms with Gasteiger partial charge in [0, 0.05) is 25.7 Å². The van der Waals surface area contributed by atoms with E-state index < -0.39 is 30.3 Å². The number of imide groups is 2. The van der Waals surface area contributed by atoms with Crippen LogP contribution in [0.25, 0.3) is 0 Å². The zero-order chi connectivity index (χ0) is 20.1. The van der Waals surface area contributed by atoms with Crippen molar-refractivity contribution in [1.29, 1.82) is 0 Å². The number of hydrogen-bond donors (Lipinski definition) is 0. The molecular weight excluding hydrogens is 354 g/mol. The number of carbonyl (C=O) groups excluding carboxylic acids is 4. The number of benzene rings is 1. The number of amides is 5. The molecule has 144 valence electrons. The summed E-state index contributed by atoms with van der Waals surface area (Å²) in [7, 11) is 4.52. The van der Waals surface area contributed by atoms with Gasteiger partial charge in [-0.05, 0) is 6.07 Å². The molecule has 1 aliphatic rings. The molecule has 0 saturated carbocycles. The van der Waals surface area contributed by atoms with Crippen LogP contribution >= 0.6 is 0 Å². The summed E-state index contributed by atoms with van der Waals surface area (Å²) < 4.78 is 10.6. The number of rotatable bonds is 8. The molecule has 1 aromatic rings. The number of urea groups is 1. The van der Waals surface area contributed by atoms with Crippen LogP contribution < -0.4 is 9.47 Å². The SMILES string of the molecule is C=CCN1C(=O)C(=O)N(CC(=O)N(C)Cc2cccc(OC)c2OC)C1=O. The van der Waals surface area contributed by atoms with Gasteiger partial charge in [0.2, 0.25) is 5.91 Å². The average Bonchev–Trinajstić information content (AvgIpc) is 2.86. The first-order chi connectivity index (χ1) is 12.8. The Bertz CT molecular complexity index is 791. The molecule has 0 radical (unpaired) electrons. The molecule has 0 unspecified atom stereocenters. The Hall–Kier alpha value is -3.36. The average molecular weight is 375 g/mol. The summed E-state index contributed by atoms with van der Waals surface area (Å²) in [4.78, 5) is 51.2. The standard InChI is InChI=1S/C18H21N3O6/c1-5-9-20-16(23)17(24)21(18(20)25)11-14(22)19(2)10-12-7-6-8-13(26-3)15(12)27-4/h5-8H,1,9-11H2,2-4H3. The molecule has 1 aromatic carbocycles. The van der Waals surface area contributed by atoms with E-state index in [-0.39, 0.29) is 13.1 Å². The molecule has 9 heteroatoms. The summed E-state index contributed by atoms with van der Waals surface area (Å²) >= 11 is 0. The zero-order valence-corrected chi connectivity index (χ0v) is 15.4. The molecule has 27 heavy (non-hydrogen) atoms. The summed E-state index contributed by atoms with van der Waals surface area (Å²) in [6.45, 7) is 2.98. The van der Waals surface area contributed by atoms with Crippen molar-refractivity contribution < 1.29 is 28.7 Å². The highest BCUT2D eigenvalue weighted by Gasteiger charge is 2.44. The first-order valence-electron chi connectivity index (χ1n) is 8.07. The first kappa shape index (κ1) is 20.0. The maximum Gasteiger partial charge on any atom is 0.335 e. The second-order valence-corrected chi connectivity index (χ2v) is 5.78. The van der Waals surface area contributed by atoms with E-state index in [9.17, 15) is 19.2 Å². The van der Waals surface area contributed by atoms with Crippen molar-refractivity contribution in [3.05, 3.63) is 36.4 Å². The normalized spacial score (nSPS) is 13.8. The van der Waals surface area contributed by atoms with Gasteiger partial charge in [-0.2, -0.15) is 0 Å². The number of para-hydroxylation sites is 1. The minimum atomic E-state index is -1.03. The van der Waals surface area contributed by atoms with Gasteiger partial charge in [0.15, 0.2) is 11.5 Å². The number of methoxy groups -OCH3 is 2. The van der Waals surface area contributed by atoms with Gasteiger partial charge in [0.25, 0.3) is 0 Å². The Morgan fingerprint density at radius 1 is 1.15 bits per heavy atom. The molecular formula is C18H21N3O6. The third kappa shape index (κ3) is 3.91. The summed E-state index contributed by atoms with van der Waals surface area (Å²) in [6.07, 6.45) is 1.33. The van der Waals surface area contributed by atoms with Crippen LogP contribution in [-0.4, -0.2) is 72.8 Å².